The van der Waals surface area contributed by atoms with Gasteiger partial charge in [0.1, 0.15) is 0 Å². The van der Waals surface area contributed by atoms with Crippen LogP contribution in [0.1, 0.15) is 45.3 Å². The van der Waals surface area contributed by atoms with Gasteiger partial charge in [-0.3, -0.25) is 0 Å². The molecule has 98 valence electrons. The van der Waals surface area contributed by atoms with Crippen molar-refractivity contribution in [2.24, 2.45) is 11.7 Å². The summed E-state index contributed by atoms with van der Waals surface area (Å²) in [6, 6.07) is 0.220. The topological polar surface area (TPSA) is 55.9 Å². The molecule has 1 unspecified atom stereocenters. The molecule has 3 N–H and O–H groups in total. The molecule has 0 bridgehead atoms. The molecule has 4 heteroatoms. The van der Waals surface area contributed by atoms with Crippen LogP contribution in [0.25, 0.3) is 0 Å². The molecule has 0 saturated heterocycles. The molecule has 4 nitrogen and oxygen atoms in total. The molecule has 0 spiro atoms. The van der Waals surface area contributed by atoms with Crippen LogP contribution in [-0.4, -0.2) is 22.6 Å². The largest absolute Gasteiger partial charge is 0.333 e. The van der Waals surface area contributed by atoms with Crippen LogP contribution in [0.3, 0.4) is 0 Å². The van der Waals surface area contributed by atoms with Crippen molar-refractivity contribution in [3.8, 4) is 0 Å². The SMILES string of the molecule is CCC(CC)CNC(CN)c1cncn1CC. The van der Waals surface area contributed by atoms with E-state index in [1.807, 2.05) is 12.5 Å². The van der Waals surface area contributed by atoms with Crippen molar-refractivity contribution < 1.29 is 0 Å². The van der Waals surface area contributed by atoms with Crippen LogP contribution in [0.15, 0.2) is 12.5 Å². The van der Waals surface area contributed by atoms with Crippen molar-refractivity contribution in [2.75, 3.05) is 13.1 Å². The third-order valence-corrected chi connectivity index (χ3v) is 3.49. The predicted molar refractivity (Wildman–Crippen MR) is 71.8 cm³/mol. The highest BCUT2D eigenvalue weighted by Gasteiger charge is 2.14. The second-order valence-electron chi connectivity index (χ2n) is 4.48. The van der Waals surface area contributed by atoms with E-state index in [1.165, 1.54) is 18.5 Å². The number of aromatic nitrogens is 2. The molecule has 1 aromatic heterocycles. The van der Waals surface area contributed by atoms with Crippen molar-refractivity contribution in [2.45, 2.75) is 46.2 Å². The Balaban J connectivity index is 2.59. The van der Waals surface area contributed by atoms with E-state index in [0.29, 0.717) is 6.54 Å². The Hall–Kier alpha value is -0.870. The summed E-state index contributed by atoms with van der Waals surface area (Å²) in [6.07, 6.45) is 6.22. The van der Waals surface area contributed by atoms with Gasteiger partial charge in [0.05, 0.1) is 18.1 Å². The lowest BCUT2D eigenvalue weighted by atomic mass is 10.0. The monoisotopic (exact) mass is 238 g/mol. The van der Waals surface area contributed by atoms with Gasteiger partial charge < -0.3 is 15.6 Å². The van der Waals surface area contributed by atoms with Crippen LogP contribution in [0, 0.1) is 5.92 Å². The summed E-state index contributed by atoms with van der Waals surface area (Å²) in [5, 5.41) is 3.56. The van der Waals surface area contributed by atoms with Crippen LogP contribution in [-0.2, 0) is 6.54 Å². The number of aryl methyl sites for hydroxylation is 1. The average Bonchev–Trinajstić information content (AvgIpc) is 2.83. The summed E-state index contributed by atoms with van der Waals surface area (Å²) in [6.45, 7) is 9.20. The first kappa shape index (κ1) is 14.2. The Morgan fingerprint density at radius 1 is 1.35 bits per heavy atom. The molecule has 0 saturated carbocycles. The minimum atomic E-state index is 0.220. The molecule has 0 aliphatic rings. The van der Waals surface area contributed by atoms with E-state index in [1.54, 1.807) is 0 Å². The molecule has 1 aromatic rings. The number of hydrogen-bond acceptors (Lipinski definition) is 3. The lowest BCUT2D eigenvalue weighted by Gasteiger charge is -2.21. The van der Waals surface area contributed by atoms with Crippen LogP contribution in [0.5, 0.6) is 0 Å². The fourth-order valence-corrected chi connectivity index (χ4v) is 2.08. The Bertz CT molecular complexity index is 304. The second-order valence-corrected chi connectivity index (χ2v) is 4.48. The molecule has 1 heterocycles. The highest BCUT2D eigenvalue weighted by atomic mass is 15.1. The second kappa shape index (κ2) is 7.45. The molecule has 0 radical (unpaired) electrons. The van der Waals surface area contributed by atoms with Gasteiger partial charge in [0.15, 0.2) is 0 Å². The fraction of sp³-hybridized carbons (Fsp3) is 0.769. The van der Waals surface area contributed by atoms with Crippen molar-refractivity contribution in [3.63, 3.8) is 0 Å². The highest BCUT2D eigenvalue weighted by molar-refractivity contribution is 5.06. The summed E-state index contributed by atoms with van der Waals surface area (Å²) in [7, 11) is 0. The maximum atomic E-state index is 5.85. The van der Waals surface area contributed by atoms with E-state index in [0.717, 1.165) is 19.0 Å². The standard InChI is InChI=1S/C13H26N4/c1-4-11(5-2)8-16-12(7-14)13-9-15-10-17(13)6-3/h9-12,16H,4-8,14H2,1-3H3. The number of imidazole rings is 1. The van der Waals surface area contributed by atoms with E-state index in [2.05, 4.69) is 35.6 Å². The first-order valence-electron chi connectivity index (χ1n) is 6.70. The third kappa shape index (κ3) is 3.82. The third-order valence-electron chi connectivity index (χ3n) is 3.49. The average molecular weight is 238 g/mol. The minimum Gasteiger partial charge on any atom is -0.333 e. The predicted octanol–water partition coefficient (Wildman–Crippen LogP) is 1.93. The summed E-state index contributed by atoms with van der Waals surface area (Å²) in [5.74, 6) is 0.738. The Labute approximate surface area is 105 Å². The lowest BCUT2D eigenvalue weighted by molar-refractivity contribution is 0.405. The van der Waals surface area contributed by atoms with Gasteiger partial charge in [-0.2, -0.15) is 0 Å². The highest BCUT2D eigenvalue weighted by Crippen LogP contribution is 2.13. The number of nitrogens with two attached hydrogens (primary N) is 1. The molecule has 0 aliphatic heterocycles. The fourth-order valence-electron chi connectivity index (χ4n) is 2.08. The lowest BCUT2D eigenvalue weighted by Crippen LogP contribution is -2.33. The zero-order valence-corrected chi connectivity index (χ0v) is 11.3. The number of nitrogens with one attached hydrogen (secondary N) is 1. The number of hydrogen-bond donors (Lipinski definition) is 2. The molecule has 0 fully saturated rings. The summed E-state index contributed by atoms with van der Waals surface area (Å²) in [5.41, 5.74) is 7.05. The smallest absolute Gasteiger partial charge is 0.0948 e. The molecular formula is C13H26N4. The summed E-state index contributed by atoms with van der Waals surface area (Å²) >= 11 is 0. The van der Waals surface area contributed by atoms with Crippen LogP contribution >= 0.6 is 0 Å². The van der Waals surface area contributed by atoms with Gasteiger partial charge >= 0.3 is 0 Å². The zero-order valence-electron chi connectivity index (χ0n) is 11.3. The summed E-state index contributed by atoms with van der Waals surface area (Å²) in [4.78, 5) is 4.20. The molecule has 1 atom stereocenters. The van der Waals surface area contributed by atoms with Crippen LogP contribution in [0.4, 0.5) is 0 Å². The summed E-state index contributed by atoms with van der Waals surface area (Å²) < 4.78 is 2.15. The van der Waals surface area contributed by atoms with Crippen LogP contribution in [0.2, 0.25) is 0 Å². The maximum Gasteiger partial charge on any atom is 0.0948 e. The van der Waals surface area contributed by atoms with E-state index in [-0.39, 0.29) is 6.04 Å². The van der Waals surface area contributed by atoms with Gasteiger partial charge in [-0.05, 0) is 19.4 Å². The number of nitrogens with zero attached hydrogens (tertiary/aromatic N) is 2. The maximum absolute atomic E-state index is 5.85. The Morgan fingerprint density at radius 2 is 2.06 bits per heavy atom. The van der Waals surface area contributed by atoms with E-state index in [9.17, 15) is 0 Å². The van der Waals surface area contributed by atoms with Crippen molar-refractivity contribution in [3.05, 3.63) is 18.2 Å². The molecule has 0 aliphatic carbocycles. The van der Waals surface area contributed by atoms with Crippen molar-refractivity contribution >= 4 is 0 Å². The van der Waals surface area contributed by atoms with Gasteiger partial charge in [0.25, 0.3) is 0 Å². The first-order chi connectivity index (χ1) is 8.26. The zero-order chi connectivity index (χ0) is 12.7. The van der Waals surface area contributed by atoms with Gasteiger partial charge in [-0.1, -0.05) is 26.7 Å². The van der Waals surface area contributed by atoms with Gasteiger partial charge in [-0.25, -0.2) is 4.98 Å². The molecule has 0 aromatic carbocycles. The molecule has 0 amide bonds. The van der Waals surface area contributed by atoms with Gasteiger partial charge in [-0.15, -0.1) is 0 Å². The first-order valence-corrected chi connectivity index (χ1v) is 6.70. The molecule has 1 rings (SSSR count). The van der Waals surface area contributed by atoms with E-state index >= 15 is 0 Å². The van der Waals surface area contributed by atoms with Crippen molar-refractivity contribution in [1.82, 2.24) is 14.9 Å². The Morgan fingerprint density at radius 3 is 2.59 bits per heavy atom. The normalized spacial score (nSPS) is 13.2. The Kier molecular flexibility index (Phi) is 6.22. The van der Waals surface area contributed by atoms with Crippen molar-refractivity contribution in [1.29, 1.82) is 0 Å². The quantitative estimate of drug-likeness (QED) is 0.727. The van der Waals surface area contributed by atoms with E-state index < -0.39 is 0 Å². The molecular weight excluding hydrogens is 212 g/mol. The van der Waals surface area contributed by atoms with Crippen LogP contribution < -0.4 is 11.1 Å². The minimum absolute atomic E-state index is 0.220. The number of rotatable bonds is 8. The van der Waals surface area contributed by atoms with E-state index in [4.69, 9.17) is 5.73 Å². The molecule has 17 heavy (non-hydrogen) atoms. The van der Waals surface area contributed by atoms with Gasteiger partial charge in [0.2, 0.25) is 0 Å². The van der Waals surface area contributed by atoms with Gasteiger partial charge in [0, 0.05) is 19.3 Å².